The second-order valence-electron chi connectivity index (χ2n) is 7.22. The molecule has 4 nitrogen and oxygen atoms in total. The van der Waals surface area contributed by atoms with E-state index in [-0.39, 0.29) is 6.03 Å². The van der Waals surface area contributed by atoms with Gasteiger partial charge in [-0.3, -0.25) is 4.90 Å². The predicted octanol–water partition coefficient (Wildman–Crippen LogP) is 2.79. The van der Waals surface area contributed by atoms with Gasteiger partial charge in [0.25, 0.3) is 0 Å². The second-order valence-corrected chi connectivity index (χ2v) is 7.22. The van der Waals surface area contributed by atoms with Crippen LogP contribution in [0, 0.1) is 11.8 Å². The van der Waals surface area contributed by atoms with Crippen molar-refractivity contribution in [2.75, 3.05) is 26.2 Å². The zero-order valence-corrected chi connectivity index (χ0v) is 14.1. The molecule has 20 heavy (non-hydrogen) atoms. The average Bonchev–Trinajstić information content (AvgIpc) is 2.75. The van der Waals surface area contributed by atoms with Gasteiger partial charge in [-0.1, -0.05) is 27.7 Å². The maximum absolute atomic E-state index is 12.4. The van der Waals surface area contributed by atoms with Crippen molar-refractivity contribution in [3.8, 4) is 0 Å². The molecule has 1 atom stereocenters. The lowest BCUT2D eigenvalue weighted by atomic mass is 10.1. The van der Waals surface area contributed by atoms with Crippen LogP contribution in [0.15, 0.2) is 0 Å². The third-order valence-electron chi connectivity index (χ3n) is 3.74. The van der Waals surface area contributed by atoms with Crippen LogP contribution in [0.2, 0.25) is 0 Å². The Balaban J connectivity index is 2.49. The highest BCUT2D eigenvalue weighted by Gasteiger charge is 2.27. The molecule has 4 heteroatoms. The van der Waals surface area contributed by atoms with Crippen molar-refractivity contribution in [3.63, 3.8) is 0 Å². The number of urea groups is 1. The van der Waals surface area contributed by atoms with E-state index in [4.69, 9.17) is 0 Å². The van der Waals surface area contributed by atoms with Gasteiger partial charge < -0.3 is 10.2 Å². The number of hydrogen-bond donors (Lipinski definition) is 1. The fraction of sp³-hybridized carbons (Fsp3) is 0.938. The third kappa shape index (κ3) is 5.70. The molecule has 0 aromatic carbocycles. The van der Waals surface area contributed by atoms with Gasteiger partial charge in [-0.15, -0.1) is 0 Å². The van der Waals surface area contributed by atoms with Crippen molar-refractivity contribution in [2.45, 2.75) is 60.0 Å². The number of carbonyl (C=O) groups is 1. The van der Waals surface area contributed by atoms with Crippen LogP contribution >= 0.6 is 0 Å². The minimum atomic E-state index is 0.114. The Labute approximate surface area is 124 Å². The lowest BCUT2D eigenvalue weighted by Gasteiger charge is -2.28. The summed E-state index contributed by atoms with van der Waals surface area (Å²) in [5, 5.41) is 3.22. The number of likely N-dealkylation sites (tertiary alicyclic amines) is 1. The summed E-state index contributed by atoms with van der Waals surface area (Å²) >= 11 is 0. The standard InChI is InChI=1S/C16H33N3O/c1-12(2)9-19(10-13(3)4)16(20)17-15-7-8-18(11-15)14(5)6/h12-15H,7-11H2,1-6H3,(H,17,20). The summed E-state index contributed by atoms with van der Waals surface area (Å²) in [4.78, 5) is 16.9. The van der Waals surface area contributed by atoms with Gasteiger partial charge in [0.1, 0.15) is 0 Å². The zero-order chi connectivity index (χ0) is 15.3. The topological polar surface area (TPSA) is 35.6 Å². The van der Waals surface area contributed by atoms with Crippen LogP contribution in [0.25, 0.3) is 0 Å². The van der Waals surface area contributed by atoms with Gasteiger partial charge >= 0.3 is 6.03 Å². The maximum atomic E-state index is 12.4. The van der Waals surface area contributed by atoms with E-state index < -0.39 is 0 Å². The van der Waals surface area contributed by atoms with Crippen molar-refractivity contribution in [1.82, 2.24) is 15.1 Å². The van der Waals surface area contributed by atoms with Crippen molar-refractivity contribution >= 4 is 6.03 Å². The highest BCUT2D eigenvalue weighted by atomic mass is 16.2. The van der Waals surface area contributed by atoms with Crippen molar-refractivity contribution in [3.05, 3.63) is 0 Å². The van der Waals surface area contributed by atoms with Crippen molar-refractivity contribution < 1.29 is 4.79 Å². The summed E-state index contributed by atoms with van der Waals surface area (Å²) < 4.78 is 0. The van der Waals surface area contributed by atoms with Gasteiger partial charge in [0.05, 0.1) is 0 Å². The molecule has 0 bridgehead atoms. The molecule has 0 spiro atoms. The summed E-state index contributed by atoms with van der Waals surface area (Å²) in [5.74, 6) is 1.02. The van der Waals surface area contributed by atoms with Crippen LogP contribution in [-0.2, 0) is 0 Å². The number of rotatable bonds is 6. The number of amides is 2. The van der Waals surface area contributed by atoms with Gasteiger partial charge in [0, 0.05) is 38.3 Å². The highest BCUT2D eigenvalue weighted by molar-refractivity contribution is 5.74. The van der Waals surface area contributed by atoms with Gasteiger partial charge in [0.15, 0.2) is 0 Å². The molecule has 1 N–H and O–H groups in total. The molecule has 1 unspecified atom stereocenters. The normalized spacial score (nSPS) is 20.1. The third-order valence-corrected chi connectivity index (χ3v) is 3.74. The smallest absolute Gasteiger partial charge is 0.317 e. The van der Waals surface area contributed by atoms with E-state index in [1.807, 2.05) is 4.90 Å². The van der Waals surface area contributed by atoms with E-state index in [1.165, 1.54) is 0 Å². The van der Waals surface area contributed by atoms with E-state index in [0.29, 0.717) is 23.9 Å². The molecule has 0 radical (unpaired) electrons. The van der Waals surface area contributed by atoms with Crippen LogP contribution in [0.4, 0.5) is 4.79 Å². The molecule has 0 saturated carbocycles. The molecule has 1 rings (SSSR count). The lowest BCUT2D eigenvalue weighted by molar-refractivity contribution is 0.178. The molecular weight excluding hydrogens is 250 g/mol. The SMILES string of the molecule is CC(C)CN(CC(C)C)C(=O)NC1CCN(C(C)C)C1. The minimum absolute atomic E-state index is 0.114. The van der Waals surface area contributed by atoms with Gasteiger partial charge in [-0.25, -0.2) is 4.79 Å². The van der Waals surface area contributed by atoms with Crippen LogP contribution in [0.1, 0.15) is 48.0 Å². The summed E-state index contributed by atoms with van der Waals surface area (Å²) in [6.07, 6.45) is 1.07. The molecule has 1 heterocycles. The molecule has 1 fully saturated rings. The molecule has 0 aliphatic carbocycles. The Kier molecular flexibility index (Phi) is 6.80. The average molecular weight is 283 g/mol. The molecule has 2 amide bonds. The predicted molar refractivity (Wildman–Crippen MR) is 84.9 cm³/mol. The fourth-order valence-corrected chi connectivity index (χ4v) is 2.76. The fourth-order valence-electron chi connectivity index (χ4n) is 2.76. The molecule has 1 aliphatic heterocycles. The first-order valence-electron chi connectivity index (χ1n) is 8.09. The van der Waals surface area contributed by atoms with Crippen molar-refractivity contribution in [2.24, 2.45) is 11.8 Å². The summed E-state index contributed by atoms with van der Waals surface area (Å²) in [5.41, 5.74) is 0. The lowest BCUT2D eigenvalue weighted by Crippen LogP contribution is -2.48. The van der Waals surface area contributed by atoms with Gasteiger partial charge in [0.2, 0.25) is 0 Å². The molecule has 1 aliphatic rings. The molecule has 0 aromatic rings. The monoisotopic (exact) mass is 283 g/mol. The zero-order valence-electron chi connectivity index (χ0n) is 14.1. The van der Waals surface area contributed by atoms with Gasteiger partial charge in [-0.05, 0) is 32.1 Å². The van der Waals surface area contributed by atoms with Crippen molar-refractivity contribution in [1.29, 1.82) is 0 Å². The van der Waals surface area contributed by atoms with E-state index in [0.717, 1.165) is 32.6 Å². The summed E-state index contributed by atoms with van der Waals surface area (Å²) in [7, 11) is 0. The molecule has 118 valence electrons. The Morgan fingerprint density at radius 2 is 1.70 bits per heavy atom. The van der Waals surface area contributed by atoms with Gasteiger partial charge in [-0.2, -0.15) is 0 Å². The highest BCUT2D eigenvalue weighted by Crippen LogP contribution is 2.13. The Hall–Kier alpha value is -0.770. The first-order chi connectivity index (χ1) is 9.29. The van der Waals surface area contributed by atoms with E-state index in [1.54, 1.807) is 0 Å². The second kappa shape index (κ2) is 7.87. The first-order valence-corrected chi connectivity index (χ1v) is 8.09. The van der Waals surface area contributed by atoms with Crippen LogP contribution < -0.4 is 5.32 Å². The number of nitrogens with one attached hydrogen (secondary N) is 1. The number of nitrogens with zero attached hydrogens (tertiary/aromatic N) is 2. The first kappa shape index (κ1) is 17.3. The minimum Gasteiger partial charge on any atom is -0.334 e. The Morgan fingerprint density at radius 1 is 1.15 bits per heavy atom. The van der Waals surface area contributed by atoms with E-state index in [2.05, 4.69) is 51.8 Å². The largest absolute Gasteiger partial charge is 0.334 e. The molecule has 0 aromatic heterocycles. The maximum Gasteiger partial charge on any atom is 0.317 e. The molecule has 1 saturated heterocycles. The van der Waals surface area contributed by atoms with E-state index >= 15 is 0 Å². The number of hydrogen-bond acceptors (Lipinski definition) is 2. The quantitative estimate of drug-likeness (QED) is 0.813. The molecular formula is C16H33N3O. The number of carbonyl (C=O) groups excluding carboxylic acids is 1. The van der Waals surface area contributed by atoms with E-state index in [9.17, 15) is 4.79 Å². The Morgan fingerprint density at radius 3 is 2.10 bits per heavy atom. The van der Waals surface area contributed by atoms with Crippen LogP contribution in [0.5, 0.6) is 0 Å². The van der Waals surface area contributed by atoms with Crippen LogP contribution in [0.3, 0.4) is 0 Å². The Bertz CT molecular complexity index is 292. The summed E-state index contributed by atoms with van der Waals surface area (Å²) in [6.45, 7) is 16.8. The van der Waals surface area contributed by atoms with Crippen LogP contribution in [-0.4, -0.2) is 54.1 Å². The summed E-state index contributed by atoms with van der Waals surface area (Å²) in [6, 6.07) is 0.995.